The third-order valence-electron chi connectivity index (χ3n) is 10.1. The van der Waals surface area contributed by atoms with Gasteiger partial charge in [-0.25, -0.2) is 24.7 Å². The molecule has 15 heteroatoms. The number of halogens is 2. The molecular formula is C46H52Cl2N8O5. The van der Waals surface area contributed by atoms with Gasteiger partial charge in [-0.2, -0.15) is 0 Å². The molecule has 61 heavy (non-hydrogen) atoms. The summed E-state index contributed by atoms with van der Waals surface area (Å²) in [6.07, 6.45) is 11.4. The van der Waals surface area contributed by atoms with Crippen LogP contribution >= 0.6 is 23.2 Å². The number of para-hydroxylation sites is 4. The fourth-order valence-corrected chi connectivity index (χ4v) is 7.53. The fraction of sp³-hybridized carbons (Fsp3) is 0.370. The van der Waals surface area contributed by atoms with Gasteiger partial charge in [-0.1, -0.05) is 73.2 Å². The lowest BCUT2D eigenvalue weighted by Crippen LogP contribution is -2.25. The Morgan fingerprint density at radius 3 is 2.11 bits per heavy atom. The molecule has 2 aliphatic rings. The number of carbonyl (C=O) groups excluding carboxylic acids is 3. The first-order valence-electron chi connectivity index (χ1n) is 21.0. The summed E-state index contributed by atoms with van der Waals surface area (Å²) >= 11 is 11.0. The van der Waals surface area contributed by atoms with Gasteiger partial charge in [0, 0.05) is 18.5 Å². The average Bonchev–Trinajstić information content (AvgIpc) is 3.54. The molecule has 2 fully saturated rings. The zero-order chi connectivity index (χ0) is 43.0. The molecule has 7 aromatic rings. The van der Waals surface area contributed by atoms with Crippen molar-refractivity contribution in [2.24, 2.45) is 0 Å². The summed E-state index contributed by atoms with van der Waals surface area (Å²) in [4.78, 5) is 57.1. The zero-order valence-electron chi connectivity index (χ0n) is 34.7. The second-order valence-corrected chi connectivity index (χ2v) is 15.2. The number of fused-ring (bicyclic) bond motifs is 6. The van der Waals surface area contributed by atoms with Gasteiger partial charge >= 0.3 is 11.9 Å². The smallest absolute Gasteiger partial charge is 0.341 e. The van der Waals surface area contributed by atoms with E-state index < -0.39 is 0 Å². The first kappa shape index (κ1) is 44.9. The van der Waals surface area contributed by atoms with Crippen LogP contribution in [0.25, 0.3) is 38.7 Å². The Labute approximate surface area is 365 Å². The van der Waals surface area contributed by atoms with E-state index >= 15 is 0 Å². The Balaban J connectivity index is 0.000000161. The molecule has 9 rings (SSSR count). The van der Waals surface area contributed by atoms with Gasteiger partial charge in [0.05, 0.1) is 40.8 Å². The minimum absolute atomic E-state index is 0.141. The van der Waals surface area contributed by atoms with Crippen LogP contribution in [-0.2, 0) is 20.7 Å². The fourth-order valence-electron chi connectivity index (χ4n) is 7.14. The van der Waals surface area contributed by atoms with Gasteiger partial charge in [-0.15, -0.1) is 0 Å². The number of nitrogens with one attached hydrogen (secondary N) is 2. The van der Waals surface area contributed by atoms with Gasteiger partial charge in [-0.3, -0.25) is 14.0 Å². The van der Waals surface area contributed by atoms with Crippen LogP contribution in [0.1, 0.15) is 91.8 Å². The summed E-state index contributed by atoms with van der Waals surface area (Å²) in [5, 5.41) is 4.68. The largest absolute Gasteiger partial charge is 0.466 e. The molecule has 0 saturated carbocycles. The minimum atomic E-state index is -0.355. The number of esters is 2. The lowest BCUT2D eigenvalue weighted by Gasteiger charge is -2.22. The highest BCUT2D eigenvalue weighted by Crippen LogP contribution is 2.28. The van der Waals surface area contributed by atoms with E-state index in [0.29, 0.717) is 42.1 Å². The molecule has 0 bridgehead atoms. The van der Waals surface area contributed by atoms with Gasteiger partial charge in [0.15, 0.2) is 11.9 Å². The van der Waals surface area contributed by atoms with Crippen LogP contribution in [0.5, 0.6) is 0 Å². The molecule has 0 aliphatic carbocycles. The minimum Gasteiger partial charge on any atom is -0.466 e. The molecule has 2 N–H and O–H groups in total. The van der Waals surface area contributed by atoms with Crippen molar-refractivity contribution >= 4 is 86.0 Å². The molecule has 5 aromatic heterocycles. The highest BCUT2D eigenvalue weighted by molar-refractivity contribution is 6.33. The van der Waals surface area contributed by atoms with Gasteiger partial charge < -0.3 is 24.7 Å². The van der Waals surface area contributed by atoms with Crippen molar-refractivity contribution in [3.05, 3.63) is 106 Å². The van der Waals surface area contributed by atoms with E-state index in [1.165, 1.54) is 76.6 Å². The number of hydrogen-bond donors (Lipinski definition) is 2. The standard InChI is InChI=1S/C23H24N4O2.C11H12N2O2.C6H3Cl2NO.C6H13N/c1-2-29-23(28)17-15-16-11-12-20(26-13-7-3-4-8-14-26)25-21(16)27-19-10-6-5-9-18(19)24-22(17)27;1-2-15-11(14)7-10-12-8-5-3-4-6-9(8)13-10;7-5-2-1-4(3-10)6(8)9-5;1-2-4-6-7-5-3-1/h5-6,9-12,15H,2-4,7-8,13-14H2,1H3;3-6H,2,7H2,1H3,(H,12,13);1-3H;7H,1-6H2. The van der Waals surface area contributed by atoms with Crippen molar-refractivity contribution in [2.75, 3.05) is 44.3 Å². The third-order valence-corrected chi connectivity index (χ3v) is 10.6. The summed E-state index contributed by atoms with van der Waals surface area (Å²) in [5.74, 6) is 1.03. The SMILES string of the molecule is C1CCCNCC1.CCOC(=O)Cc1nc2ccccc2[nH]1.CCOC(=O)c1cc2ccc(N3CCCCCC3)nc2n2c1nc1ccccc12.O=Cc1ccc(Cl)nc1Cl. The van der Waals surface area contributed by atoms with E-state index in [4.69, 9.17) is 42.6 Å². The predicted octanol–water partition coefficient (Wildman–Crippen LogP) is 9.61. The average molecular weight is 868 g/mol. The molecular weight excluding hydrogens is 815 g/mol. The summed E-state index contributed by atoms with van der Waals surface area (Å²) in [6, 6.07) is 24.6. The molecule has 2 aliphatic heterocycles. The number of aromatic amines is 1. The maximum absolute atomic E-state index is 12.6. The number of hydrogen-bond acceptors (Lipinski definition) is 11. The lowest BCUT2D eigenvalue weighted by atomic mass is 10.2. The maximum atomic E-state index is 12.6. The third kappa shape index (κ3) is 12.2. The van der Waals surface area contributed by atoms with Crippen molar-refractivity contribution < 1.29 is 23.9 Å². The van der Waals surface area contributed by atoms with Gasteiger partial charge in [0.2, 0.25) is 0 Å². The van der Waals surface area contributed by atoms with Crippen LogP contribution < -0.4 is 10.2 Å². The Kier molecular flexibility index (Phi) is 16.8. The van der Waals surface area contributed by atoms with Crippen molar-refractivity contribution in [1.29, 1.82) is 0 Å². The molecule has 0 unspecified atom stereocenters. The maximum Gasteiger partial charge on any atom is 0.341 e. The number of pyridine rings is 3. The van der Waals surface area contributed by atoms with Crippen molar-refractivity contribution in [1.82, 2.24) is 34.6 Å². The normalized spacial score (nSPS) is 14.1. The first-order valence-corrected chi connectivity index (χ1v) is 21.7. The van der Waals surface area contributed by atoms with Crippen LogP contribution in [0.3, 0.4) is 0 Å². The lowest BCUT2D eigenvalue weighted by molar-refractivity contribution is -0.142. The molecule has 2 saturated heterocycles. The number of carbonyl (C=O) groups is 3. The summed E-state index contributed by atoms with van der Waals surface area (Å²) in [7, 11) is 0. The monoisotopic (exact) mass is 866 g/mol. The zero-order valence-corrected chi connectivity index (χ0v) is 36.2. The van der Waals surface area contributed by atoms with E-state index in [2.05, 4.69) is 37.3 Å². The number of anilines is 1. The van der Waals surface area contributed by atoms with E-state index in [0.717, 1.165) is 52.0 Å². The van der Waals surface area contributed by atoms with Gasteiger partial charge in [0.1, 0.15) is 39.6 Å². The first-order chi connectivity index (χ1) is 29.8. The number of nitrogens with zero attached hydrogens (tertiary/aromatic N) is 6. The van der Waals surface area contributed by atoms with E-state index in [-0.39, 0.29) is 28.7 Å². The highest BCUT2D eigenvalue weighted by atomic mass is 35.5. The second kappa shape index (κ2) is 22.8. The van der Waals surface area contributed by atoms with E-state index in [1.807, 2.05) is 65.9 Å². The summed E-state index contributed by atoms with van der Waals surface area (Å²) < 4.78 is 12.1. The number of H-pyrrole nitrogens is 1. The number of aromatic nitrogens is 6. The van der Waals surface area contributed by atoms with Crippen molar-refractivity contribution in [3.63, 3.8) is 0 Å². The van der Waals surface area contributed by atoms with E-state index in [9.17, 15) is 14.4 Å². The number of benzene rings is 2. The molecule has 2 aromatic carbocycles. The Morgan fingerprint density at radius 2 is 1.43 bits per heavy atom. The quantitative estimate of drug-likeness (QED) is 0.0894. The Hall–Kier alpha value is -5.63. The molecule has 7 heterocycles. The van der Waals surface area contributed by atoms with Crippen LogP contribution in [0.2, 0.25) is 10.3 Å². The number of ether oxygens (including phenoxy) is 2. The van der Waals surface area contributed by atoms with Crippen molar-refractivity contribution in [3.8, 4) is 0 Å². The Morgan fingerprint density at radius 1 is 0.738 bits per heavy atom. The van der Waals surface area contributed by atoms with Gasteiger partial charge in [0.25, 0.3) is 0 Å². The number of rotatable bonds is 7. The second-order valence-electron chi connectivity index (χ2n) is 14.5. The summed E-state index contributed by atoms with van der Waals surface area (Å²) in [5.41, 5.74) is 5.84. The van der Waals surface area contributed by atoms with Crippen molar-refractivity contribution in [2.45, 2.75) is 71.6 Å². The van der Waals surface area contributed by atoms with Crippen LogP contribution in [0.4, 0.5) is 5.82 Å². The molecule has 0 amide bonds. The molecule has 0 atom stereocenters. The number of imidazole rings is 2. The molecule has 13 nitrogen and oxygen atoms in total. The highest BCUT2D eigenvalue weighted by Gasteiger charge is 2.20. The van der Waals surface area contributed by atoms with Crippen LogP contribution in [0, 0.1) is 0 Å². The summed E-state index contributed by atoms with van der Waals surface area (Å²) in [6.45, 7) is 8.90. The van der Waals surface area contributed by atoms with Crippen LogP contribution in [-0.4, -0.2) is 86.9 Å². The molecule has 0 spiro atoms. The van der Waals surface area contributed by atoms with E-state index in [1.54, 1.807) is 6.92 Å². The van der Waals surface area contributed by atoms with Crippen LogP contribution in [0.15, 0.2) is 78.9 Å². The molecule has 0 radical (unpaired) electrons. The predicted molar refractivity (Wildman–Crippen MR) is 242 cm³/mol. The number of aldehydes is 1. The van der Waals surface area contributed by atoms with Gasteiger partial charge in [-0.05, 0) is 107 Å². The Bertz CT molecular complexity index is 2500. The topological polar surface area (TPSA) is 157 Å². The molecule has 320 valence electrons.